The van der Waals surface area contributed by atoms with Gasteiger partial charge in [0.2, 0.25) is 17.7 Å². The molecule has 2 aliphatic rings. The molecule has 1 heterocycles. The van der Waals surface area contributed by atoms with E-state index in [0.717, 1.165) is 12.3 Å². The Morgan fingerprint density at radius 3 is 2.89 bits per heavy atom. The molecule has 2 N–H and O–H groups in total. The third-order valence-corrected chi connectivity index (χ3v) is 6.07. The molecule has 2 saturated carbocycles. The minimum atomic E-state index is -0.143. The van der Waals surface area contributed by atoms with Gasteiger partial charge in [0.1, 0.15) is 0 Å². The van der Waals surface area contributed by atoms with Gasteiger partial charge in [0, 0.05) is 24.2 Å². The lowest BCUT2D eigenvalue weighted by molar-refractivity contribution is -0.119. The van der Waals surface area contributed by atoms with Crippen LogP contribution in [0.5, 0.6) is 0 Å². The highest BCUT2D eigenvalue weighted by Crippen LogP contribution is 2.44. The molecule has 0 aliphatic heterocycles. The maximum Gasteiger partial charge on any atom is 0.277 e. The van der Waals surface area contributed by atoms with E-state index in [1.165, 1.54) is 37.9 Å². The average Bonchev–Trinajstić information content (AvgIpc) is 3.36. The molecule has 0 spiro atoms. The van der Waals surface area contributed by atoms with Crippen molar-refractivity contribution in [2.24, 2.45) is 11.8 Å². The molecule has 7 nitrogen and oxygen atoms in total. The summed E-state index contributed by atoms with van der Waals surface area (Å²) in [6, 6.07) is 7.53. The summed E-state index contributed by atoms with van der Waals surface area (Å²) >= 11 is 1.24. The first-order chi connectivity index (χ1) is 13.1. The molecule has 8 heteroatoms. The summed E-state index contributed by atoms with van der Waals surface area (Å²) in [5.74, 6) is 1.97. The van der Waals surface area contributed by atoms with Gasteiger partial charge in [0.15, 0.2) is 0 Å². The molecular formula is C19H22N4O3S. The summed E-state index contributed by atoms with van der Waals surface area (Å²) in [6.07, 6.45) is 4.95. The predicted molar refractivity (Wildman–Crippen MR) is 102 cm³/mol. The smallest absolute Gasteiger partial charge is 0.277 e. The van der Waals surface area contributed by atoms with E-state index < -0.39 is 0 Å². The summed E-state index contributed by atoms with van der Waals surface area (Å²) in [5, 5.41) is 14.3. The first-order valence-corrected chi connectivity index (χ1v) is 10.2. The number of hydrogen-bond donors (Lipinski definition) is 2. The maximum atomic E-state index is 12.2. The third-order valence-electron chi connectivity index (χ3n) is 5.25. The van der Waals surface area contributed by atoms with Crippen LogP contribution >= 0.6 is 11.8 Å². The number of nitrogens with one attached hydrogen (secondary N) is 2. The van der Waals surface area contributed by atoms with Gasteiger partial charge in [-0.1, -0.05) is 24.2 Å². The number of fused-ring (bicyclic) bond motifs is 2. The molecule has 3 atom stereocenters. The Labute approximate surface area is 161 Å². The molecule has 2 aliphatic carbocycles. The molecule has 0 unspecified atom stereocenters. The lowest BCUT2D eigenvalue weighted by Gasteiger charge is -2.22. The van der Waals surface area contributed by atoms with Crippen LogP contribution in [0.25, 0.3) is 11.5 Å². The molecule has 1 aromatic carbocycles. The van der Waals surface area contributed by atoms with E-state index in [0.29, 0.717) is 34.3 Å². The summed E-state index contributed by atoms with van der Waals surface area (Å²) in [4.78, 5) is 23.4. The molecule has 2 aromatic rings. The second kappa shape index (κ2) is 7.72. The lowest BCUT2D eigenvalue weighted by atomic mass is 9.95. The third kappa shape index (κ3) is 4.32. The summed E-state index contributed by atoms with van der Waals surface area (Å²) in [6.45, 7) is 1.45. The lowest BCUT2D eigenvalue weighted by Crippen LogP contribution is -2.39. The minimum absolute atomic E-state index is 0.0185. The molecule has 2 fully saturated rings. The van der Waals surface area contributed by atoms with Crippen molar-refractivity contribution in [2.45, 2.75) is 43.9 Å². The topological polar surface area (TPSA) is 97.1 Å². The SMILES string of the molecule is CC(=O)Nc1cccc(-c2nnc(SCC(=O)N[C@@H]3C[C@H]4CC[C@@H]3C4)o2)c1. The number of carbonyl (C=O) groups excluding carboxylic acids is 2. The first-order valence-electron chi connectivity index (χ1n) is 9.20. The zero-order valence-electron chi connectivity index (χ0n) is 15.1. The first kappa shape index (κ1) is 18.0. The number of hydrogen-bond acceptors (Lipinski definition) is 6. The minimum Gasteiger partial charge on any atom is -0.411 e. The second-order valence-electron chi connectivity index (χ2n) is 7.27. The van der Waals surface area contributed by atoms with Gasteiger partial charge in [-0.2, -0.15) is 0 Å². The van der Waals surface area contributed by atoms with Crippen molar-refractivity contribution in [1.29, 1.82) is 0 Å². The second-order valence-corrected chi connectivity index (χ2v) is 8.20. The van der Waals surface area contributed by atoms with Gasteiger partial charge in [-0.25, -0.2) is 0 Å². The summed E-state index contributed by atoms with van der Waals surface area (Å²) in [7, 11) is 0. The average molecular weight is 386 g/mol. The molecule has 4 rings (SSSR count). The number of benzene rings is 1. The Balaban J connectivity index is 1.31. The number of nitrogens with zero attached hydrogens (tertiary/aromatic N) is 2. The van der Waals surface area contributed by atoms with Crippen LogP contribution in [0.4, 0.5) is 5.69 Å². The van der Waals surface area contributed by atoms with Gasteiger partial charge in [0.05, 0.1) is 5.75 Å². The van der Waals surface area contributed by atoms with Gasteiger partial charge in [-0.15, -0.1) is 10.2 Å². The highest BCUT2D eigenvalue weighted by atomic mass is 32.2. The number of carbonyl (C=O) groups is 2. The van der Waals surface area contributed by atoms with Crippen molar-refractivity contribution >= 4 is 29.3 Å². The number of anilines is 1. The van der Waals surface area contributed by atoms with E-state index in [-0.39, 0.29) is 17.6 Å². The number of amides is 2. The molecular weight excluding hydrogens is 364 g/mol. The van der Waals surface area contributed by atoms with E-state index in [4.69, 9.17) is 4.42 Å². The van der Waals surface area contributed by atoms with E-state index >= 15 is 0 Å². The van der Waals surface area contributed by atoms with Crippen LogP contribution in [0.3, 0.4) is 0 Å². The zero-order chi connectivity index (χ0) is 18.8. The van der Waals surface area contributed by atoms with Crippen LogP contribution in [0.15, 0.2) is 33.9 Å². The fourth-order valence-corrected chi connectivity index (χ4v) is 4.69. The highest BCUT2D eigenvalue weighted by Gasteiger charge is 2.40. The Hall–Kier alpha value is -2.35. The van der Waals surface area contributed by atoms with Crippen LogP contribution in [-0.2, 0) is 9.59 Å². The maximum absolute atomic E-state index is 12.2. The molecule has 27 heavy (non-hydrogen) atoms. The standard InChI is InChI=1S/C19H22N4O3S/c1-11(24)20-15-4-2-3-14(9-15)18-22-23-19(26-18)27-10-17(25)21-16-8-12-5-6-13(16)7-12/h2-4,9,12-13,16H,5-8,10H2,1H3,(H,20,24)(H,21,25)/t12-,13+,16+/m0/s1. The van der Waals surface area contributed by atoms with E-state index in [2.05, 4.69) is 20.8 Å². The number of thioether (sulfide) groups is 1. The molecule has 0 radical (unpaired) electrons. The monoisotopic (exact) mass is 386 g/mol. The van der Waals surface area contributed by atoms with Crippen LogP contribution < -0.4 is 10.6 Å². The van der Waals surface area contributed by atoms with E-state index in [9.17, 15) is 9.59 Å². The Morgan fingerprint density at radius 2 is 2.15 bits per heavy atom. The number of rotatable bonds is 6. The predicted octanol–water partition coefficient (Wildman–Crippen LogP) is 3.09. The molecule has 2 bridgehead atoms. The molecule has 0 saturated heterocycles. The highest BCUT2D eigenvalue weighted by molar-refractivity contribution is 7.99. The van der Waals surface area contributed by atoms with Crippen LogP contribution in [0.1, 0.15) is 32.6 Å². The van der Waals surface area contributed by atoms with Gasteiger partial charge in [-0.05, 0) is 49.3 Å². The zero-order valence-corrected chi connectivity index (χ0v) is 15.9. The fraction of sp³-hybridized carbons (Fsp3) is 0.474. The molecule has 1 aromatic heterocycles. The van der Waals surface area contributed by atoms with Crippen LogP contribution in [-0.4, -0.2) is 33.8 Å². The van der Waals surface area contributed by atoms with Gasteiger partial charge in [-0.3, -0.25) is 9.59 Å². The summed E-state index contributed by atoms with van der Waals surface area (Å²) in [5.41, 5.74) is 1.38. The fourth-order valence-electron chi connectivity index (χ4n) is 4.12. The van der Waals surface area contributed by atoms with Gasteiger partial charge >= 0.3 is 0 Å². The van der Waals surface area contributed by atoms with E-state index in [1.807, 2.05) is 6.07 Å². The van der Waals surface area contributed by atoms with Crippen LogP contribution in [0, 0.1) is 11.8 Å². The summed E-state index contributed by atoms with van der Waals surface area (Å²) < 4.78 is 5.65. The van der Waals surface area contributed by atoms with Crippen molar-refractivity contribution in [3.8, 4) is 11.5 Å². The van der Waals surface area contributed by atoms with Crippen molar-refractivity contribution in [3.05, 3.63) is 24.3 Å². The van der Waals surface area contributed by atoms with Crippen molar-refractivity contribution in [2.75, 3.05) is 11.1 Å². The number of aromatic nitrogens is 2. The van der Waals surface area contributed by atoms with Gasteiger partial charge in [0.25, 0.3) is 5.22 Å². The molecule has 142 valence electrons. The Kier molecular flexibility index (Phi) is 5.15. The van der Waals surface area contributed by atoms with Crippen molar-refractivity contribution in [3.63, 3.8) is 0 Å². The van der Waals surface area contributed by atoms with Crippen LogP contribution in [0.2, 0.25) is 0 Å². The largest absolute Gasteiger partial charge is 0.411 e. The normalized spacial score (nSPS) is 23.4. The van der Waals surface area contributed by atoms with Crippen molar-refractivity contribution in [1.82, 2.24) is 15.5 Å². The van der Waals surface area contributed by atoms with Crippen molar-refractivity contribution < 1.29 is 14.0 Å². The molecule has 2 amide bonds. The van der Waals surface area contributed by atoms with E-state index in [1.54, 1.807) is 18.2 Å². The Bertz CT molecular complexity index is 853. The quantitative estimate of drug-likeness (QED) is 0.741. The Morgan fingerprint density at radius 1 is 1.26 bits per heavy atom. The van der Waals surface area contributed by atoms with Gasteiger partial charge < -0.3 is 15.1 Å².